The number of nitrogens with one attached hydrogen (secondary N) is 1. The Balaban J connectivity index is 1.56. The van der Waals surface area contributed by atoms with Crippen LogP contribution in [0.3, 0.4) is 0 Å². The molecular weight excluding hydrogens is 594 g/mol. The van der Waals surface area contributed by atoms with Crippen LogP contribution in [-0.4, -0.2) is 30.4 Å². The average Bonchev–Trinajstić information content (AvgIpc) is 2.99. The Bertz CT molecular complexity index is 1820. The van der Waals surface area contributed by atoms with Gasteiger partial charge < -0.3 is 5.32 Å². The van der Waals surface area contributed by atoms with Crippen LogP contribution in [0.4, 0.5) is 5.69 Å². The summed E-state index contributed by atoms with van der Waals surface area (Å²) in [5.74, 6) is -1.29. The van der Waals surface area contributed by atoms with Crippen LogP contribution >= 0.6 is 0 Å². The monoisotopic (exact) mass is 637 g/mol. The summed E-state index contributed by atoms with van der Waals surface area (Å²) in [5.41, 5.74) is 8.60. The van der Waals surface area contributed by atoms with Crippen molar-refractivity contribution in [2.24, 2.45) is 5.41 Å². The normalized spacial score (nSPS) is 12.7. The fourth-order valence-corrected chi connectivity index (χ4v) is 5.82. The summed E-state index contributed by atoms with van der Waals surface area (Å²) in [5, 5.41) is 3.12. The van der Waals surface area contributed by atoms with Crippen LogP contribution in [0.25, 0.3) is 17.2 Å². The smallest absolute Gasteiger partial charge is 0.264 e. The maximum Gasteiger partial charge on any atom is 0.264 e. The van der Waals surface area contributed by atoms with Gasteiger partial charge in [0.25, 0.3) is 10.1 Å². The van der Waals surface area contributed by atoms with Crippen molar-refractivity contribution in [2.75, 3.05) is 11.1 Å². The fraction of sp³-hybridized carbons (Fsp3) is 0.282. The highest BCUT2D eigenvalue weighted by atomic mass is 32.2. The summed E-state index contributed by atoms with van der Waals surface area (Å²) in [6, 6.07) is 29.3. The van der Waals surface area contributed by atoms with Crippen molar-refractivity contribution in [1.29, 1.82) is 0 Å². The molecule has 2 N–H and O–H groups in total. The molecule has 4 aromatic carbocycles. The number of Topliss-reactive ketones (excluding diaryl/α,β-unsaturated/α-hetero) is 1. The zero-order chi connectivity index (χ0) is 33.5. The third-order valence-corrected chi connectivity index (χ3v) is 8.58. The van der Waals surface area contributed by atoms with Gasteiger partial charge in [0.2, 0.25) is 5.91 Å². The topological polar surface area (TPSA) is 101 Å². The van der Waals surface area contributed by atoms with E-state index in [1.165, 1.54) is 11.1 Å². The van der Waals surface area contributed by atoms with E-state index < -0.39 is 21.8 Å². The van der Waals surface area contributed by atoms with E-state index in [0.717, 1.165) is 27.8 Å². The van der Waals surface area contributed by atoms with E-state index in [0.29, 0.717) is 17.7 Å². The van der Waals surface area contributed by atoms with Gasteiger partial charge in [-0.15, -0.1) is 0 Å². The number of amides is 1. The van der Waals surface area contributed by atoms with Gasteiger partial charge in [-0.25, -0.2) is 0 Å². The molecule has 0 saturated heterocycles. The molecule has 0 heterocycles. The maximum atomic E-state index is 13.9. The first-order valence-corrected chi connectivity index (χ1v) is 17.1. The molecule has 240 valence electrons. The van der Waals surface area contributed by atoms with Crippen LogP contribution in [0.2, 0.25) is 0 Å². The lowest BCUT2D eigenvalue weighted by Crippen LogP contribution is -2.23. The SMILES string of the molecule is Cc1ccc(-c2ccc(NC(=O)C(Cc3ccc(C(=O)CCCS(=O)(=O)O)cc3)c3cccc(/C=C/C(C)(C)C)c3)cc2)c(C)c1. The summed E-state index contributed by atoms with van der Waals surface area (Å²) in [7, 11) is -4.11. The Morgan fingerprint density at radius 3 is 2.22 bits per heavy atom. The Kier molecular flexibility index (Phi) is 11.1. The second-order valence-electron chi connectivity index (χ2n) is 13.0. The molecule has 0 fully saturated rings. The quantitative estimate of drug-likeness (QED) is 0.119. The number of carbonyl (C=O) groups excluding carboxylic acids is 2. The standard InChI is InChI=1S/C39H43NO5S/c1-27-11-20-35(28(2)24-27)31-16-18-34(19-17-31)40-38(42)36(33-9-6-8-29(25-33)21-22-39(3,4)5)26-30-12-14-32(15-13-30)37(41)10-7-23-46(43,44)45/h6,8-9,11-22,24-25,36H,7,10,23,26H2,1-5H3,(H,40,42)(H,43,44,45)/b22-21+. The van der Waals surface area contributed by atoms with E-state index >= 15 is 0 Å². The first-order valence-electron chi connectivity index (χ1n) is 15.5. The molecule has 1 atom stereocenters. The lowest BCUT2D eigenvalue weighted by atomic mass is 9.89. The van der Waals surface area contributed by atoms with Gasteiger partial charge in [0.15, 0.2) is 5.78 Å². The second-order valence-corrected chi connectivity index (χ2v) is 14.6. The van der Waals surface area contributed by atoms with Crippen molar-refractivity contribution in [2.45, 2.75) is 59.8 Å². The van der Waals surface area contributed by atoms with Gasteiger partial charge >= 0.3 is 0 Å². The largest absolute Gasteiger partial charge is 0.326 e. The average molecular weight is 638 g/mol. The summed E-state index contributed by atoms with van der Waals surface area (Å²) in [6.45, 7) is 10.6. The van der Waals surface area contributed by atoms with Gasteiger partial charge in [0, 0.05) is 17.7 Å². The van der Waals surface area contributed by atoms with E-state index in [1.807, 2.05) is 60.7 Å². The van der Waals surface area contributed by atoms with Gasteiger partial charge in [-0.05, 0) is 77.6 Å². The number of allylic oxidation sites excluding steroid dienone is 1. The predicted octanol–water partition coefficient (Wildman–Crippen LogP) is 8.85. The molecule has 4 rings (SSSR count). The van der Waals surface area contributed by atoms with E-state index in [4.69, 9.17) is 4.55 Å². The highest BCUT2D eigenvalue weighted by Crippen LogP contribution is 2.28. The number of benzene rings is 4. The van der Waals surface area contributed by atoms with E-state index in [-0.39, 0.29) is 29.9 Å². The Morgan fingerprint density at radius 1 is 0.891 bits per heavy atom. The number of anilines is 1. The molecule has 1 unspecified atom stereocenters. The molecule has 0 aliphatic rings. The molecule has 0 radical (unpaired) electrons. The predicted molar refractivity (Wildman–Crippen MR) is 188 cm³/mol. The van der Waals surface area contributed by atoms with Crippen LogP contribution in [-0.2, 0) is 21.3 Å². The molecule has 0 aliphatic carbocycles. The molecule has 1 amide bonds. The van der Waals surface area contributed by atoms with Gasteiger partial charge in [-0.2, -0.15) is 8.42 Å². The van der Waals surface area contributed by atoms with Crippen molar-refractivity contribution in [3.05, 3.63) is 130 Å². The molecule has 0 spiro atoms. The molecular formula is C39H43NO5S. The van der Waals surface area contributed by atoms with Gasteiger partial charge in [-0.1, -0.05) is 117 Å². The third-order valence-electron chi connectivity index (χ3n) is 7.77. The Labute approximate surface area is 273 Å². The van der Waals surface area contributed by atoms with E-state index in [2.05, 4.69) is 70.3 Å². The number of hydrogen-bond donors (Lipinski definition) is 2. The Hall–Kier alpha value is -4.33. The zero-order valence-electron chi connectivity index (χ0n) is 27.2. The number of hydrogen-bond acceptors (Lipinski definition) is 4. The molecule has 7 heteroatoms. The number of rotatable bonds is 12. The van der Waals surface area contributed by atoms with Crippen molar-refractivity contribution in [3.63, 3.8) is 0 Å². The van der Waals surface area contributed by atoms with Crippen LogP contribution in [0.1, 0.15) is 77.7 Å². The highest BCUT2D eigenvalue weighted by molar-refractivity contribution is 7.85. The van der Waals surface area contributed by atoms with Crippen LogP contribution in [0, 0.1) is 19.3 Å². The van der Waals surface area contributed by atoms with Crippen molar-refractivity contribution in [3.8, 4) is 11.1 Å². The number of aryl methyl sites for hydroxylation is 2. The lowest BCUT2D eigenvalue weighted by Gasteiger charge is -2.19. The molecule has 6 nitrogen and oxygen atoms in total. The molecule has 0 aromatic heterocycles. The first kappa shape index (κ1) is 34.5. The first-order chi connectivity index (χ1) is 21.7. The van der Waals surface area contributed by atoms with Gasteiger partial charge in [0.05, 0.1) is 11.7 Å². The van der Waals surface area contributed by atoms with Crippen molar-refractivity contribution in [1.82, 2.24) is 0 Å². The van der Waals surface area contributed by atoms with Crippen LogP contribution in [0.5, 0.6) is 0 Å². The minimum Gasteiger partial charge on any atom is -0.326 e. The fourth-order valence-electron chi connectivity index (χ4n) is 5.31. The molecule has 0 bridgehead atoms. The van der Waals surface area contributed by atoms with Crippen molar-refractivity contribution < 1.29 is 22.6 Å². The minimum atomic E-state index is -4.11. The number of ketones is 1. The van der Waals surface area contributed by atoms with Crippen LogP contribution in [0.15, 0.2) is 97.1 Å². The summed E-state index contributed by atoms with van der Waals surface area (Å²) in [6.07, 6.45) is 4.70. The molecule has 0 aliphatic heterocycles. The van der Waals surface area contributed by atoms with Crippen molar-refractivity contribution >= 4 is 33.6 Å². The van der Waals surface area contributed by atoms with Gasteiger partial charge in [-0.3, -0.25) is 14.1 Å². The molecule has 46 heavy (non-hydrogen) atoms. The zero-order valence-corrected chi connectivity index (χ0v) is 28.0. The maximum absolute atomic E-state index is 13.9. The van der Waals surface area contributed by atoms with Crippen LogP contribution < -0.4 is 5.32 Å². The highest BCUT2D eigenvalue weighted by Gasteiger charge is 2.22. The summed E-state index contributed by atoms with van der Waals surface area (Å²) >= 11 is 0. The Morgan fingerprint density at radius 2 is 1.59 bits per heavy atom. The molecule has 0 saturated carbocycles. The second kappa shape index (κ2) is 14.8. The molecule has 4 aromatic rings. The number of carbonyl (C=O) groups is 2. The summed E-state index contributed by atoms with van der Waals surface area (Å²) in [4.78, 5) is 26.5. The minimum absolute atomic E-state index is 0.0152. The summed E-state index contributed by atoms with van der Waals surface area (Å²) < 4.78 is 30.9. The lowest BCUT2D eigenvalue weighted by molar-refractivity contribution is -0.117. The van der Waals surface area contributed by atoms with Gasteiger partial charge in [0.1, 0.15) is 0 Å². The van der Waals surface area contributed by atoms with E-state index in [9.17, 15) is 18.0 Å². The van der Waals surface area contributed by atoms with E-state index in [1.54, 1.807) is 12.1 Å². The third kappa shape index (κ3) is 10.4.